The number of hydrogen-bond acceptors (Lipinski definition) is 6. The second-order valence-corrected chi connectivity index (χ2v) is 4.17. The molecule has 0 radical (unpaired) electrons. The number of amidine groups is 1. The van der Waals surface area contributed by atoms with E-state index in [2.05, 4.69) is 26.8 Å². The molecule has 0 unspecified atom stereocenters. The van der Waals surface area contributed by atoms with E-state index in [4.69, 9.17) is 32.4 Å². The molecule has 2 aromatic rings. The average Bonchev–Trinajstić information content (AvgIpc) is 3.04. The molecule has 0 fully saturated rings. The van der Waals surface area contributed by atoms with Crippen LogP contribution < -0.4 is 23.3 Å². The van der Waals surface area contributed by atoms with Gasteiger partial charge in [-0.05, 0) is 18.2 Å². The monoisotopic (exact) mass is 429 g/mol. The van der Waals surface area contributed by atoms with Crippen LogP contribution in [0.1, 0.15) is 38.9 Å². The molecule has 2 aromatic heterocycles. The fourth-order valence-corrected chi connectivity index (χ4v) is 1.46. The van der Waals surface area contributed by atoms with E-state index >= 15 is 0 Å². The van der Waals surface area contributed by atoms with Gasteiger partial charge in [0.2, 0.25) is 0 Å². The molecule has 0 aliphatic carbocycles. The van der Waals surface area contributed by atoms with Crippen molar-refractivity contribution < 1.29 is 48.6 Å². The van der Waals surface area contributed by atoms with Crippen molar-refractivity contribution >= 4 is 5.84 Å². The maximum Gasteiger partial charge on any atom is 0.417 e. The first-order valence-electron chi connectivity index (χ1n) is 13.4. The topological polar surface area (TPSA) is 142 Å². The van der Waals surface area contributed by atoms with Crippen LogP contribution in [-0.2, 0) is 12.4 Å². The Kier molecular flexibility index (Phi) is 5.19. The zero-order valence-corrected chi connectivity index (χ0v) is 13.0. The van der Waals surface area contributed by atoms with Gasteiger partial charge in [-0.15, -0.1) is 0 Å². The number of hydrogen-bond donors (Lipinski definition) is 4. The van der Waals surface area contributed by atoms with Gasteiger partial charge >= 0.3 is 12.4 Å². The van der Waals surface area contributed by atoms with E-state index in [-0.39, 0.29) is 6.99 Å². The van der Waals surface area contributed by atoms with E-state index in [1.54, 1.807) is 0 Å². The molecule has 7 nitrogen and oxygen atoms in total. The molecular weight excluding hydrogens is 368 g/mol. The molecular formula is C13H31F6N7. The van der Waals surface area contributed by atoms with Crippen LogP contribution in [0.3, 0.4) is 0 Å². The molecule has 0 spiro atoms. The number of pyridine rings is 2. The van der Waals surface area contributed by atoms with Gasteiger partial charge in [0.25, 0.3) is 0 Å². The smallest absolute Gasteiger partial charge is 0.382 e. The quantitative estimate of drug-likeness (QED) is 0.179. The lowest BCUT2D eigenvalue weighted by molar-refractivity contribution is -0.138. The Morgan fingerprint density at radius 2 is 1.42 bits per heavy atom. The van der Waals surface area contributed by atoms with E-state index in [0.717, 1.165) is 43.0 Å². The summed E-state index contributed by atoms with van der Waals surface area (Å²) in [7, 11) is 0. The van der Waals surface area contributed by atoms with Gasteiger partial charge in [0.15, 0.2) is 5.84 Å². The van der Waals surface area contributed by atoms with Gasteiger partial charge in [0.05, 0.1) is 11.1 Å². The van der Waals surface area contributed by atoms with E-state index in [9.17, 15) is 26.3 Å². The van der Waals surface area contributed by atoms with Crippen molar-refractivity contribution in [3.63, 3.8) is 0 Å². The number of halogens is 6. The second-order valence-electron chi connectivity index (χ2n) is 4.17. The Balaban J connectivity index is -0.0000000478. The van der Waals surface area contributed by atoms with Crippen molar-refractivity contribution in [2.24, 2.45) is 28.4 Å². The first-order valence-corrected chi connectivity index (χ1v) is 6.43. The second kappa shape index (κ2) is 10.1. The molecule has 0 saturated carbocycles. The number of rotatable bonds is 1. The largest absolute Gasteiger partial charge is 0.417 e. The van der Waals surface area contributed by atoms with E-state index in [1.807, 2.05) is 0 Å². The molecule has 2 heterocycles. The van der Waals surface area contributed by atoms with Gasteiger partial charge in [-0.1, -0.05) is 0 Å². The van der Waals surface area contributed by atoms with E-state index in [0.29, 0.717) is 0 Å². The third kappa shape index (κ3) is 7.31. The van der Waals surface area contributed by atoms with Crippen molar-refractivity contribution in [2.45, 2.75) is 12.4 Å². The Morgan fingerprint density at radius 1 is 0.923 bits per heavy atom. The molecule has 0 aliphatic rings. The van der Waals surface area contributed by atoms with Crippen molar-refractivity contribution in [3.8, 4) is 0 Å². The highest BCUT2D eigenvalue weighted by Gasteiger charge is 2.34. The van der Waals surface area contributed by atoms with Crippen LogP contribution in [0.25, 0.3) is 0 Å². The Labute approximate surface area is 166 Å². The van der Waals surface area contributed by atoms with Gasteiger partial charge in [-0.25, -0.2) is 0 Å². The maximum atomic E-state index is 12.4. The van der Waals surface area contributed by atoms with Gasteiger partial charge in [0, 0.05) is 52.6 Å². The summed E-state index contributed by atoms with van der Waals surface area (Å²) in [5, 5.41) is 2.99. The minimum atomic E-state index is -4.49. The molecule has 0 amide bonds. The summed E-state index contributed by atoms with van der Waals surface area (Å²) in [6.07, 6.45) is -4.52. The summed E-state index contributed by atoms with van der Waals surface area (Å²) in [5.41, 5.74) is 3.29. The van der Waals surface area contributed by atoms with E-state index in [1.165, 1.54) is 0 Å². The number of nitrogens with zero attached hydrogens (tertiary/aromatic N) is 3. The van der Waals surface area contributed by atoms with Gasteiger partial charge in [0.1, 0.15) is 0 Å². The van der Waals surface area contributed by atoms with Crippen molar-refractivity contribution in [1.82, 2.24) is 9.97 Å². The number of nitrogens with two attached hydrogens (primary N) is 4. The lowest BCUT2D eigenvalue weighted by Gasteiger charge is -2.10. The fourth-order valence-electron chi connectivity index (χ4n) is 1.46. The van der Waals surface area contributed by atoms with Crippen LogP contribution in [0.15, 0.2) is 48.1 Å². The van der Waals surface area contributed by atoms with Crippen LogP contribution in [0.5, 0.6) is 0 Å². The minimum Gasteiger partial charge on any atom is -0.382 e. The maximum absolute atomic E-state index is 12.4. The molecule has 0 saturated heterocycles. The lowest BCUT2D eigenvalue weighted by Crippen LogP contribution is -2.21. The molecule has 2 rings (SSSR count). The molecule has 160 valence electrons. The molecule has 13 heteroatoms. The highest BCUT2D eigenvalue weighted by atomic mass is 19.4. The van der Waals surface area contributed by atoms with Crippen LogP contribution in [-0.4, -0.2) is 15.8 Å². The lowest BCUT2D eigenvalue weighted by atomic mass is 10.1. The molecule has 0 bridgehead atoms. The summed E-state index contributed by atoms with van der Waals surface area (Å²) in [6.45, 7) is 0. The third-order valence-electron chi connectivity index (χ3n) is 2.55. The molecule has 0 aliphatic heterocycles. The molecule has 0 atom stereocenters. The first kappa shape index (κ1) is 13.3. The summed E-state index contributed by atoms with van der Waals surface area (Å²) in [6, 6.07) is 2.67. The van der Waals surface area contributed by atoms with E-state index < -0.39 is 29.3 Å². The van der Waals surface area contributed by atoms with Gasteiger partial charge in [-0.2, -0.15) is 31.4 Å². The van der Waals surface area contributed by atoms with Crippen LogP contribution in [0.2, 0.25) is 0 Å². The summed E-state index contributed by atoms with van der Waals surface area (Å²) in [4.78, 5) is 6.97. The average molecular weight is 430 g/mol. The standard InChI is InChI=1S/C7H7F3N4.C6H4F3N.H4N2.8H2/c8-7(9,10)5-1-2-13-3-4(5)6(11)14-12;7-6(8,9)5-1-3-10-4-2-5;1-2;;;;;;;;/h1-3H,12H2,(H2,11,14);1-4H;1-2H2;8*1H/i;;;7*1+2T;1+2. The molecule has 8 N–H and O–H groups in total. The summed E-state index contributed by atoms with van der Waals surface area (Å²) < 4.78 is 142. The zero-order chi connectivity index (χ0) is 34.4. The summed E-state index contributed by atoms with van der Waals surface area (Å²) in [5.74, 6) is 12.4. The summed E-state index contributed by atoms with van der Waals surface area (Å²) >= 11 is 0. The zero-order valence-electron chi connectivity index (χ0n) is 27.0. The Bertz CT molecular complexity index is 724. The van der Waals surface area contributed by atoms with Crippen molar-refractivity contribution in [1.29, 1.82) is 0 Å². The van der Waals surface area contributed by atoms with Crippen molar-refractivity contribution in [2.75, 3.05) is 0 Å². The normalized spacial score (nSPS) is 13.8. The fraction of sp³-hybridized carbons (Fsp3) is 0.154. The van der Waals surface area contributed by atoms with Crippen LogP contribution in [0, 0.1) is 0 Å². The van der Waals surface area contributed by atoms with Crippen LogP contribution in [0.4, 0.5) is 26.3 Å². The number of hydrazine groups is 1. The Morgan fingerprint density at radius 3 is 1.81 bits per heavy atom. The van der Waals surface area contributed by atoms with Gasteiger partial charge in [-0.3, -0.25) is 21.7 Å². The van der Waals surface area contributed by atoms with Crippen molar-refractivity contribution in [3.05, 3.63) is 59.7 Å². The Hall–Kier alpha value is -2.93. The van der Waals surface area contributed by atoms with Gasteiger partial charge < -0.3 is 11.6 Å². The number of hydrazone groups is 1. The first-order chi connectivity index (χ1) is 19.1. The molecule has 26 heavy (non-hydrogen) atoms. The minimum absolute atomic E-state index is 0. The third-order valence-corrected chi connectivity index (χ3v) is 2.55. The predicted molar refractivity (Wildman–Crippen MR) is 98.7 cm³/mol. The number of aromatic nitrogens is 2. The predicted octanol–water partition coefficient (Wildman–Crippen LogP) is 3.57. The number of alkyl halides is 6. The molecule has 0 aromatic carbocycles. The highest BCUT2D eigenvalue weighted by Crippen LogP contribution is 2.31. The highest BCUT2D eigenvalue weighted by molar-refractivity contribution is 5.98. The van der Waals surface area contributed by atoms with Crippen LogP contribution >= 0.6 is 0 Å². The SMILES string of the molecule is FC(F)(F)c1ccncc1.N/N=C(\N)c1cnccc1C(F)(F)F.NN.[3HH].[3H][3H].[3H][3H].[3H][3H].[3H][3H].[3H][3H].[3H][3H].[3H][3H].